The first kappa shape index (κ1) is 16.5. The number of halogens is 1. The Labute approximate surface area is 144 Å². The summed E-state index contributed by atoms with van der Waals surface area (Å²) in [5.41, 5.74) is 1.73. The number of benzene rings is 1. The molecule has 5 nitrogen and oxygen atoms in total. The van der Waals surface area contributed by atoms with E-state index >= 15 is 0 Å². The van der Waals surface area contributed by atoms with E-state index < -0.39 is 5.97 Å². The van der Waals surface area contributed by atoms with Crippen molar-refractivity contribution >= 4 is 23.5 Å². The molecule has 0 unspecified atom stereocenters. The van der Waals surface area contributed by atoms with E-state index in [2.05, 4.69) is 4.98 Å². The van der Waals surface area contributed by atoms with Crippen molar-refractivity contribution in [3.63, 3.8) is 0 Å². The highest BCUT2D eigenvalue weighted by molar-refractivity contribution is 6.30. The number of aromatic carboxylic acids is 1. The van der Waals surface area contributed by atoms with Gasteiger partial charge in [-0.1, -0.05) is 23.7 Å². The number of aromatic nitrogens is 1. The summed E-state index contributed by atoms with van der Waals surface area (Å²) in [6.45, 7) is 2.09. The first-order valence-electron chi connectivity index (χ1n) is 7.72. The van der Waals surface area contributed by atoms with Crippen molar-refractivity contribution < 1.29 is 14.7 Å². The number of carboxylic acids is 1. The van der Waals surface area contributed by atoms with Gasteiger partial charge in [-0.2, -0.15) is 0 Å². The molecule has 1 aromatic heterocycles. The van der Waals surface area contributed by atoms with Gasteiger partial charge >= 0.3 is 5.97 Å². The number of carboxylic acid groups (broad SMARTS) is 1. The number of amides is 1. The van der Waals surface area contributed by atoms with E-state index in [1.807, 2.05) is 12.1 Å². The molecule has 1 aromatic carbocycles. The Balaban J connectivity index is 1.83. The van der Waals surface area contributed by atoms with E-state index in [0.717, 1.165) is 18.4 Å². The van der Waals surface area contributed by atoms with Crippen LogP contribution in [0.1, 0.15) is 44.9 Å². The van der Waals surface area contributed by atoms with E-state index in [-0.39, 0.29) is 23.2 Å². The van der Waals surface area contributed by atoms with Gasteiger partial charge < -0.3 is 10.0 Å². The second kappa shape index (κ2) is 6.61. The highest BCUT2D eigenvalue weighted by Gasteiger charge is 2.33. The zero-order chi connectivity index (χ0) is 17.3. The molecule has 3 rings (SSSR count). The van der Waals surface area contributed by atoms with Crippen LogP contribution in [0.5, 0.6) is 0 Å². The number of nitrogens with zero attached hydrogens (tertiary/aromatic N) is 2. The number of rotatable bonds is 5. The molecule has 6 heteroatoms. The molecule has 1 aliphatic carbocycles. The maximum absolute atomic E-state index is 12.8. The van der Waals surface area contributed by atoms with Gasteiger partial charge in [0.2, 0.25) is 0 Å². The average molecular weight is 345 g/mol. The summed E-state index contributed by atoms with van der Waals surface area (Å²) < 4.78 is 0. The van der Waals surface area contributed by atoms with Crippen molar-refractivity contribution in [2.24, 2.45) is 0 Å². The van der Waals surface area contributed by atoms with E-state index in [0.29, 0.717) is 17.3 Å². The highest BCUT2D eigenvalue weighted by atomic mass is 35.5. The number of pyridine rings is 1. The van der Waals surface area contributed by atoms with Crippen LogP contribution in [0.4, 0.5) is 0 Å². The fourth-order valence-corrected chi connectivity index (χ4v) is 2.72. The van der Waals surface area contributed by atoms with Crippen LogP contribution in [0.25, 0.3) is 0 Å². The zero-order valence-electron chi connectivity index (χ0n) is 13.2. The summed E-state index contributed by atoms with van der Waals surface area (Å²) in [5, 5.41) is 9.73. The molecule has 1 fully saturated rings. The Morgan fingerprint density at radius 1 is 1.21 bits per heavy atom. The largest absolute Gasteiger partial charge is 0.478 e. The van der Waals surface area contributed by atoms with E-state index in [1.165, 1.54) is 12.1 Å². The second-order valence-electron chi connectivity index (χ2n) is 5.93. The standard InChI is InChI=1S/C18H17ClN2O3/c1-11-15(18(23)24)8-9-16(20-11)17(22)21(14-6-7-14)10-12-2-4-13(19)5-3-12/h2-5,8-9,14H,6-7,10H2,1H3,(H,23,24). The number of hydrogen-bond acceptors (Lipinski definition) is 3. The molecule has 1 saturated carbocycles. The van der Waals surface area contributed by atoms with Crippen molar-refractivity contribution in [3.05, 3.63) is 63.9 Å². The Morgan fingerprint density at radius 2 is 1.88 bits per heavy atom. The van der Waals surface area contributed by atoms with Crippen molar-refractivity contribution in [1.29, 1.82) is 0 Å². The number of carbonyl (C=O) groups is 2. The molecule has 0 saturated heterocycles. The average Bonchev–Trinajstić information content (AvgIpc) is 3.38. The molecule has 124 valence electrons. The SMILES string of the molecule is Cc1nc(C(=O)N(Cc2ccc(Cl)cc2)C2CC2)ccc1C(=O)O. The van der Waals surface area contributed by atoms with Crippen molar-refractivity contribution in [2.75, 3.05) is 0 Å². The Hall–Kier alpha value is -2.40. The summed E-state index contributed by atoms with van der Waals surface area (Å²) in [7, 11) is 0. The second-order valence-corrected chi connectivity index (χ2v) is 6.36. The third kappa shape index (κ3) is 3.57. The molecule has 0 aliphatic heterocycles. The molecule has 2 aromatic rings. The van der Waals surface area contributed by atoms with Crippen LogP contribution in [-0.2, 0) is 6.54 Å². The molecule has 0 bridgehead atoms. The summed E-state index contributed by atoms with van der Waals surface area (Å²) in [4.78, 5) is 29.9. The van der Waals surface area contributed by atoms with Crippen molar-refractivity contribution in [2.45, 2.75) is 32.4 Å². The fraction of sp³-hybridized carbons (Fsp3) is 0.278. The van der Waals surface area contributed by atoms with E-state index in [4.69, 9.17) is 16.7 Å². The van der Waals surface area contributed by atoms with Gasteiger partial charge in [0.1, 0.15) is 5.69 Å². The van der Waals surface area contributed by atoms with Gasteiger partial charge in [0, 0.05) is 17.6 Å². The lowest BCUT2D eigenvalue weighted by molar-refractivity contribution is 0.0688. The number of aryl methyl sites for hydroxylation is 1. The first-order valence-corrected chi connectivity index (χ1v) is 8.10. The summed E-state index contributed by atoms with van der Waals surface area (Å²) in [5.74, 6) is -1.22. The molecule has 1 amide bonds. The quantitative estimate of drug-likeness (QED) is 0.900. The van der Waals surface area contributed by atoms with E-state index in [1.54, 1.807) is 24.0 Å². The molecule has 1 heterocycles. The highest BCUT2D eigenvalue weighted by Crippen LogP contribution is 2.30. The maximum Gasteiger partial charge on any atom is 0.337 e. The van der Waals surface area contributed by atoms with Crippen LogP contribution in [0, 0.1) is 6.92 Å². The summed E-state index contributed by atoms with van der Waals surface area (Å²) in [6.07, 6.45) is 1.96. The van der Waals surface area contributed by atoms with Gasteiger partial charge in [0.15, 0.2) is 0 Å². The predicted octanol–water partition coefficient (Wildman–Crippen LogP) is 3.55. The topological polar surface area (TPSA) is 70.5 Å². The predicted molar refractivity (Wildman–Crippen MR) is 90.3 cm³/mol. The Kier molecular flexibility index (Phi) is 4.53. The van der Waals surface area contributed by atoms with E-state index in [9.17, 15) is 9.59 Å². The third-order valence-corrected chi connectivity index (χ3v) is 4.30. The first-order chi connectivity index (χ1) is 11.5. The molecular weight excluding hydrogens is 328 g/mol. The van der Waals surface area contributed by atoms with Gasteiger partial charge in [-0.05, 0) is 49.6 Å². The van der Waals surface area contributed by atoms with Gasteiger partial charge in [0.25, 0.3) is 5.91 Å². The van der Waals surface area contributed by atoms with Crippen molar-refractivity contribution in [1.82, 2.24) is 9.88 Å². The Morgan fingerprint density at radius 3 is 2.42 bits per heavy atom. The lowest BCUT2D eigenvalue weighted by atomic mass is 10.1. The van der Waals surface area contributed by atoms with Crippen LogP contribution >= 0.6 is 11.6 Å². The fourth-order valence-electron chi connectivity index (χ4n) is 2.59. The van der Waals surface area contributed by atoms with Crippen LogP contribution in [0.3, 0.4) is 0 Å². The molecule has 0 radical (unpaired) electrons. The molecule has 0 atom stereocenters. The van der Waals surface area contributed by atoms with Gasteiger partial charge in [-0.25, -0.2) is 9.78 Å². The van der Waals surface area contributed by atoms with Crippen LogP contribution in [-0.4, -0.2) is 32.9 Å². The molecule has 1 N–H and O–H groups in total. The summed E-state index contributed by atoms with van der Waals surface area (Å²) >= 11 is 5.90. The van der Waals surface area contributed by atoms with Crippen LogP contribution < -0.4 is 0 Å². The van der Waals surface area contributed by atoms with Crippen molar-refractivity contribution in [3.8, 4) is 0 Å². The molecule has 24 heavy (non-hydrogen) atoms. The maximum atomic E-state index is 12.8. The van der Waals surface area contributed by atoms with Gasteiger partial charge in [-0.15, -0.1) is 0 Å². The lowest BCUT2D eigenvalue weighted by Crippen LogP contribution is -2.33. The minimum absolute atomic E-state index is 0.113. The van der Waals surface area contributed by atoms with Gasteiger partial charge in [-0.3, -0.25) is 4.79 Å². The normalized spacial score (nSPS) is 13.6. The van der Waals surface area contributed by atoms with Gasteiger partial charge in [0.05, 0.1) is 11.3 Å². The monoisotopic (exact) mass is 344 g/mol. The molecule has 1 aliphatic rings. The minimum atomic E-state index is -1.04. The Bertz CT molecular complexity index is 785. The number of carbonyl (C=O) groups excluding carboxylic acids is 1. The zero-order valence-corrected chi connectivity index (χ0v) is 14.0. The van der Waals surface area contributed by atoms with Crippen LogP contribution in [0.2, 0.25) is 5.02 Å². The smallest absolute Gasteiger partial charge is 0.337 e. The molecular formula is C18H17ClN2O3. The molecule has 0 spiro atoms. The minimum Gasteiger partial charge on any atom is -0.478 e. The van der Waals surface area contributed by atoms with Crippen LogP contribution in [0.15, 0.2) is 36.4 Å². The summed E-state index contributed by atoms with van der Waals surface area (Å²) in [6, 6.07) is 10.5. The lowest BCUT2D eigenvalue weighted by Gasteiger charge is -2.22. The number of hydrogen-bond donors (Lipinski definition) is 1. The third-order valence-electron chi connectivity index (χ3n) is 4.05.